The van der Waals surface area contributed by atoms with Gasteiger partial charge < -0.3 is 5.32 Å². The Labute approximate surface area is 133 Å². The van der Waals surface area contributed by atoms with Gasteiger partial charge in [-0.1, -0.05) is 6.42 Å². The average molecular weight is 329 g/mol. The molecule has 6 nitrogen and oxygen atoms in total. The average Bonchev–Trinajstić information content (AvgIpc) is 3.09. The van der Waals surface area contributed by atoms with Gasteiger partial charge in [0.1, 0.15) is 0 Å². The molecule has 3 rings (SSSR count). The first-order valence-electron chi connectivity index (χ1n) is 8.36. The Morgan fingerprint density at radius 1 is 1.09 bits per heavy atom. The van der Waals surface area contributed by atoms with Crippen LogP contribution in [-0.4, -0.2) is 56.2 Å². The third-order valence-electron chi connectivity index (χ3n) is 5.68. The number of carbonyl (C=O) groups excluding carboxylic acids is 1. The van der Waals surface area contributed by atoms with Crippen LogP contribution in [0.3, 0.4) is 0 Å². The number of piperidine rings is 1. The van der Waals surface area contributed by atoms with Crippen molar-refractivity contribution >= 4 is 16.1 Å². The van der Waals surface area contributed by atoms with Gasteiger partial charge in [0.25, 0.3) is 10.2 Å². The smallest absolute Gasteiger partial charge is 0.281 e. The lowest BCUT2D eigenvalue weighted by atomic mass is 9.93. The molecule has 1 heterocycles. The first kappa shape index (κ1) is 16.2. The van der Waals surface area contributed by atoms with Gasteiger partial charge in [-0.15, -0.1) is 0 Å². The van der Waals surface area contributed by atoms with E-state index >= 15 is 0 Å². The summed E-state index contributed by atoms with van der Waals surface area (Å²) >= 11 is 0. The van der Waals surface area contributed by atoms with Crippen LogP contribution >= 0.6 is 0 Å². The van der Waals surface area contributed by atoms with Gasteiger partial charge in [0, 0.05) is 39.1 Å². The highest BCUT2D eigenvalue weighted by Crippen LogP contribution is 2.44. The van der Waals surface area contributed by atoms with Crippen LogP contribution in [0.15, 0.2) is 0 Å². The van der Waals surface area contributed by atoms with Crippen LogP contribution in [0.4, 0.5) is 0 Å². The highest BCUT2D eigenvalue weighted by Gasteiger charge is 2.41. The summed E-state index contributed by atoms with van der Waals surface area (Å²) in [6.07, 6.45) is 6.27. The molecular weight excluding hydrogens is 302 g/mol. The number of hydrogen-bond donors (Lipinski definition) is 1. The maximum Gasteiger partial charge on any atom is 0.281 e. The van der Waals surface area contributed by atoms with Crippen LogP contribution in [0.1, 0.15) is 38.5 Å². The van der Waals surface area contributed by atoms with Crippen molar-refractivity contribution in [3.8, 4) is 0 Å². The quantitative estimate of drug-likeness (QED) is 0.830. The Balaban J connectivity index is 1.50. The maximum atomic E-state index is 12.4. The molecule has 1 aliphatic heterocycles. The second-order valence-corrected chi connectivity index (χ2v) is 9.40. The molecule has 7 heteroatoms. The molecule has 3 aliphatic rings. The molecule has 0 spiro atoms. The molecule has 0 unspecified atom stereocenters. The Morgan fingerprint density at radius 2 is 1.77 bits per heavy atom. The Kier molecular flexibility index (Phi) is 4.49. The number of rotatable bonds is 4. The molecule has 2 bridgehead atoms. The van der Waals surface area contributed by atoms with E-state index in [1.165, 1.54) is 27.9 Å². The largest absolute Gasteiger partial charge is 0.353 e. The van der Waals surface area contributed by atoms with Gasteiger partial charge in [0.15, 0.2) is 0 Å². The van der Waals surface area contributed by atoms with Crippen LogP contribution in [-0.2, 0) is 15.0 Å². The van der Waals surface area contributed by atoms with E-state index < -0.39 is 10.2 Å². The number of nitrogens with one attached hydrogen (secondary N) is 1. The van der Waals surface area contributed by atoms with Gasteiger partial charge in [-0.05, 0) is 43.9 Å². The molecule has 0 aromatic carbocycles. The SMILES string of the molecule is CN(C)S(=O)(=O)N1CCC(C(=O)N[C@@H]2C[C@H]3CC[C@@H]2C3)CC1. The van der Waals surface area contributed by atoms with Crippen molar-refractivity contribution in [1.82, 2.24) is 13.9 Å². The highest BCUT2D eigenvalue weighted by molar-refractivity contribution is 7.86. The Morgan fingerprint density at radius 3 is 2.27 bits per heavy atom. The molecule has 1 N–H and O–H groups in total. The molecule has 2 saturated carbocycles. The lowest BCUT2D eigenvalue weighted by Gasteiger charge is -2.33. The zero-order valence-electron chi connectivity index (χ0n) is 13.5. The van der Waals surface area contributed by atoms with Crippen molar-refractivity contribution in [2.45, 2.75) is 44.6 Å². The van der Waals surface area contributed by atoms with E-state index in [0.29, 0.717) is 37.9 Å². The lowest BCUT2D eigenvalue weighted by Crippen LogP contribution is -2.48. The van der Waals surface area contributed by atoms with Crippen molar-refractivity contribution < 1.29 is 13.2 Å². The molecule has 3 atom stereocenters. The first-order chi connectivity index (χ1) is 10.4. The minimum absolute atomic E-state index is 0.0345. The molecule has 3 fully saturated rings. The Bertz CT molecular complexity index is 526. The predicted octanol–water partition coefficient (Wildman–Crippen LogP) is 0.810. The first-order valence-corrected chi connectivity index (χ1v) is 9.75. The molecule has 0 aromatic rings. The van der Waals surface area contributed by atoms with E-state index in [9.17, 15) is 13.2 Å². The van der Waals surface area contributed by atoms with Gasteiger partial charge in [-0.2, -0.15) is 17.0 Å². The van der Waals surface area contributed by atoms with E-state index in [1.807, 2.05) is 0 Å². The topological polar surface area (TPSA) is 69.7 Å². The summed E-state index contributed by atoms with van der Waals surface area (Å²) in [4.78, 5) is 12.4. The molecule has 0 radical (unpaired) electrons. The second kappa shape index (κ2) is 6.09. The fraction of sp³-hybridized carbons (Fsp3) is 0.933. The summed E-state index contributed by atoms with van der Waals surface area (Å²) in [6.45, 7) is 0.880. The minimum Gasteiger partial charge on any atom is -0.353 e. The van der Waals surface area contributed by atoms with Gasteiger partial charge in [0.05, 0.1) is 0 Å². The third-order valence-corrected chi connectivity index (χ3v) is 7.62. The van der Waals surface area contributed by atoms with E-state index in [-0.39, 0.29) is 11.8 Å². The summed E-state index contributed by atoms with van der Waals surface area (Å²) in [7, 11) is -0.254. The molecule has 2 aliphatic carbocycles. The van der Waals surface area contributed by atoms with Gasteiger partial charge in [-0.25, -0.2) is 0 Å². The number of amides is 1. The normalized spacial score (nSPS) is 33.5. The lowest BCUT2D eigenvalue weighted by molar-refractivity contribution is -0.127. The Hall–Kier alpha value is -0.660. The monoisotopic (exact) mass is 329 g/mol. The van der Waals surface area contributed by atoms with Crippen molar-refractivity contribution in [2.75, 3.05) is 27.2 Å². The summed E-state index contributed by atoms with van der Waals surface area (Å²) in [6, 6.07) is 0.370. The molecule has 0 aromatic heterocycles. The second-order valence-electron chi connectivity index (χ2n) is 7.25. The number of fused-ring (bicyclic) bond motifs is 2. The fourth-order valence-electron chi connectivity index (χ4n) is 4.30. The summed E-state index contributed by atoms with van der Waals surface area (Å²) in [5, 5.41) is 3.24. The summed E-state index contributed by atoms with van der Waals surface area (Å²) in [5.41, 5.74) is 0. The predicted molar refractivity (Wildman–Crippen MR) is 84.3 cm³/mol. The van der Waals surface area contributed by atoms with Crippen molar-refractivity contribution in [3.63, 3.8) is 0 Å². The highest BCUT2D eigenvalue weighted by atomic mass is 32.2. The molecule has 1 saturated heterocycles. The van der Waals surface area contributed by atoms with E-state index in [4.69, 9.17) is 0 Å². The zero-order valence-corrected chi connectivity index (χ0v) is 14.3. The minimum atomic E-state index is -3.34. The third kappa shape index (κ3) is 3.03. The van der Waals surface area contributed by atoms with E-state index in [2.05, 4.69) is 5.32 Å². The van der Waals surface area contributed by atoms with Crippen molar-refractivity contribution in [2.24, 2.45) is 17.8 Å². The van der Waals surface area contributed by atoms with Crippen LogP contribution in [0, 0.1) is 17.8 Å². The summed E-state index contributed by atoms with van der Waals surface area (Å²) in [5.74, 6) is 1.61. The fourth-order valence-corrected chi connectivity index (χ4v) is 5.44. The molecule has 1 amide bonds. The van der Waals surface area contributed by atoms with Gasteiger partial charge in [0.2, 0.25) is 5.91 Å². The van der Waals surface area contributed by atoms with E-state index in [0.717, 1.165) is 12.3 Å². The zero-order chi connectivity index (χ0) is 15.9. The van der Waals surface area contributed by atoms with Gasteiger partial charge in [-0.3, -0.25) is 4.79 Å². The standard InChI is InChI=1S/C15H27N3O3S/c1-17(2)22(20,21)18-7-5-12(6-8-18)15(19)16-14-10-11-3-4-13(14)9-11/h11-14H,3-10H2,1-2H3,(H,16,19)/t11-,13+,14+/m0/s1. The number of nitrogens with zero attached hydrogens (tertiary/aromatic N) is 2. The van der Waals surface area contributed by atoms with Crippen LogP contribution in [0.5, 0.6) is 0 Å². The van der Waals surface area contributed by atoms with E-state index in [1.54, 1.807) is 14.1 Å². The number of hydrogen-bond acceptors (Lipinski definition) is 3. The molecule has 126 valence electrons. The maximum absolute atomic E-state index is 12.4. The molecule has 22 heavy (non-hydrogen) atoms. The summed E-state index contributed by atoms with van der Waals surface area (Å²) < 4.78 is 26.9. The van der Waals surface area contributed by atoms with Gasteiger partial charge >= 0.3 is 0 Å². The van der Waals surface area contributed by atoms with Crippen LogP contribution in [0.2, 0.25) is 0 Å². The van der Waals surface area contributed by atoms with Crippen molar-refractivity contribution in [3.05, 3.63) is 0 Å². The van der Waals surface area contributed by atoms with Crippen LogP contribution in [0.25, 0.3) is 0 Å². The van der Waals surface area contributed by atoms with Crippen LogP contribution < -0.4 is 5.32 Å². The number of carbonyl (C=O) groups is 1. The molecular formula is C15H27N3O3S. The van der Waals surface area contributed by atoms with Crippen molar-refractivity contribution in [1.29, 1.82) is 0 Å².